The van der Waals surface area contributed by atoms with E-state index in [4.69, 9.17) is 8.83 Å². The fraction of sp³-hybridized carbons (Fsp3) is 0.0417. The number of fused-ring (bicyclic) bond motifs is 2. The topological polar surface area (TPSA) is 195 Å². The molecule has 0 unspecified atom stereocenters. The minimum atomic E-state index is -1.45. The van der Waals surface area contributed by atoms with Gasteiger partial charge in [0.25, 0.3) is 0 Å². The SMILES string of the molecule is O=c1oc2c(O)c(O)ccc2c(O)c1C(c1ccncc1)c1c(O)c2ccc(O)c(O)c2oc1=O. The zero-order valence-corrected chi connectivity index (χ0v) is 17.5. The van der Waals surface area contributed by atoms with Gasteiger partial charge in [-0.3, -0.25) is 4.98 Å². The Bertz CT molecular complexity index is 1640. The van der Waals surface area contributed by atoms with E-state index in [0.29, 0.717) is 0 Å². The Morgan fingerprint density at radius 2 is 1.03 bits per heavy atom. The maximum Gasteiger partial charge on any atom is 0.344 e. The molecule has 11 heteroatoms. The number of benzene rings is 2. The monoisotopic (exact) mass is 477 g/mol. The Balaban J connectivity index is 1.91. The Hall–Kier alpha value is -5.19. The molecule has 0 atom stereocenters. The highest BCUT2D eigenvalue weighted by atomic mass is 16.4. The molecule has 5 aromatic rings. The molecule has 0 aliphatic heterocycles. The molecule has 0 aliphatic rings. The summed E-state index contributed by atoms with van der Waals surface area (Å²) in [5.74, 6) is -5.54. The summed E-state index contributed by atoms with van der Waals surface area (Å²) in [6, 6.07) is 7.39. The molecule has 0 spiro atoms. The van der Waals surface area contributed by atoms with Crippen LogP contribution in [0.1, 0.15) is 22.6 Å². The number of aromatic nitrogens is 1. The zero-order chi connectivity index (χ0) is 25.0. The molecule has 2 aromatic carbocycles. The van der Waals surface area contributed by atoms with Crippen molar-refractivity contribution in [3.63, 3.8) is 0 Å². The third-order valence-electron chi connectivity index (χ3n) is 5.69. The second-order valence-electron chi connectivity index (χ2n) is 7.64. The van der Waals surface area contributed by atoms with Crippen LogP contribution in [0, 0.1) is 0 Å². The average molecular weight is 477 g/mol. The third-order valence-corrected chi connectivity index (χ3v) is 5.69. The summed E-state index contributed by atoms with van der Waals surface area (Å²) < 4.78 is 10.4. The lowest BCUT2D eigenvalue weighted by Crippen LogP contribution is -2.21. The van der Waals surface area contributed by atoms with Crippen LogP contribution < -0.4 is 11.3 Å². The van der Waals surface area contributed by atoms with Gasteiger partial charge >= 0.3 is 11.3 Å². The maximum absolute atomic E-state index is 13.1. The van der Waals surface area contributed by atoms with Crippen molar-refractivity contribution < 1.29 is 39.5 Å². The Morgan fingerprint density at radius 1 is 0.600 bits per heavy atom. The van der Waals surface area contributed by atoms with Gasteiger partial charge in [0.05, 0.1) is 27.8 Å². The number of aromatic hydroxyl groups is 6. The summed E-state index contributed by atoms with van der Waals surface area (Å²) in [5, 5.41) is 61.4. The van der Waals surface area contributed by atoms with Gasteiger partial charge in [-0.2, -0.15) is 0 Å². The molecule has 6 N–H and O–H groups in total. The first-order valence-corrected chi connectivity index (χ1v) is 10.0. The van der Waals surface area contributed by atoms with Crippen molar-refractivity contribution >= 4 is 21.9 Å². The van der Waals surface area contributed by atoms with Gasteiger partial charge in [0, 0.05) is 12.4 Å². The minimum absolute atomic E-state index is 0.152. The van der Waals surface area contributed by atoms with Crippen LogP contribution in [0.3, 0.4) is 0 Å². The molecule has 0 bridgehead atoms. The lowest BCUT2D eigenvalue weighted by Gasteiger charge is -2.19. The quantitative estimate of drug-likeness (QED) is 0.165. The molecule has 3 aromatic heterocycles. The standard InChI is InChI=1S/C24H15NO10/c26-12-3-1-10-17(28)15(23(32)34-21(10)19(12)30)14(9-5-7-25-8-6-9)16-18(29)11-2-4-13(27)20(31)22(11)35-24(16)33/h1-8,14,26-31H. The van der Waals surface area contributed by atoms with E-state index in [-0.39, 0.29) is 16.3 Å². The van der Waals surface area contributed by atoms with Crippen LogP contribution in [0.25, 0.3) is 21.9 Å². The van der Waals surface area contributed by atoms with Crippen LogP contribution in [-0.4, -0.2) is 35.6 Å². The van der Waals surface area contributed by atoms with Crippen LogP contribution in [0.4, 0.5) is 0 Å². The second-order valence-corrected chi connectivity index (χ2v) is 7.64. The largest absolute Gasteiger partial charge is 0.507 e. The summed E-state index contributed by atoms with van der Waals surface area (Å²) in [4.78, 5) is 30.0. The zero-order valence-electron chi connectivity index (χ0n) is 17.5. The molecule has 11 nitrogen and oxygen atoms in total. The summed E-state index contributed by atoms with van der Waals surface area (Å²) in [6.45, 7) is 0. The van der Waals surface area contributed by atoms with E-state index in [1.54, 1.807) is 0 Å². The summed E-state index contributed by atoms with van der Waals surface area (Å²) in [6.07, 6.45) is 2.71. The molecule has 0 amide bonds. The minimum Gasteiger partial charge on any atom is -0.507 e. The number of phenolic OH excluding ortho intramolecular Hbond substituents is 4. The van der Waals surface area contributed by atoms with E-state index in [9.17, 15) is 40.2 Å². The van der Waals surface area contributed by atoms with Crippen molar-refractivity contribution in [3.05, 3.63) is 86.3 Å². The van der Waals surface area contributed by atoms with Crippen molar-refractivity contribution in [1.29, 1.82) is 0 Å². The number of hydrogen-bond acceptors (Lipinski definition) is 11. The van der Waals surface area contributed by atoms with Crippen molar-refractivity contribution in [2.75, 3.05) is 0 Å². The average Bonchev–Trinajstić information content (AvgIpc) is 2.84. The fourth-order valence-corrected chi connectivity index (χ4v) is 4.02. The molecular weight excluding hydrogens is 462 g/mol. The molecule has 176 valence electrons. The van der Waals surface area contributed by atoms with Gasteiger partial charge < -0.3 is 39.5 Å². The van der Waals surface area contributed by atoms with Crippen molar-refractivity contribution in [2.45, 2.75) is 5.92 Å². The Kier molecular flexibility index (Phi) is 4.76. The number of rotatable bonds is 3. The number of nitrogens with zero attached hydrogens (tertiary/aromatic N) is 1. The van der Waals surface area contributed by atoms with Crippen LogP contribution in [0.2, 0.25) is 0 Å². The second kappa shape index (κ2) is 7.70. The smallest absolute Gasteiger partial charge is 0.344 e. The predicted molar refractivity (Wildman–Crippen MR) is 120 cm³/mol. The van der Waals surface area contributed by atoms with Gasteiger partial charge in [-0.1, -0.05) is 0 Å². The molecule has 0 fully saturated rings. The van der Waals surface area contributed by atoms with Crippen LogP contribution >= 0.6 is 0 Å². The maximum atomic E-state index is 13.1. The van der Waals surface area contributed by atoms with E-state index in [1.165, 1.54) is 36.7 Å². The van der Waals surface area contributed by atoms with Gasteiger partial charge in [0.15, 0.2) is 22.7 Å². The molecule has 0 saturated heterocycles. The number of pyridine rings is 1. The van der Waals surface area contributed by atoms with Gasteiger partial charge in [-0.25, -0.2) is 9.59 Å². The van der Waals surface area contributed by atoms with Crippen LogP contribution in [-0.2, 0) is 0 Å². The first-order valence-electron chi connectivity index (χ1n) is 10.0. The van der Waals surface area contributed by atoms with E-state index in [2.05, 4.69) is 4.98 Å². The molecule has 0 saturated carbocycles. The molecule has 0 radical (unpaired) electrons. The van der Waals surface area contributed by atoms with Gasteiger partial charge in [-0.15, -0.1) is 0 Å². The summed E-state index contributed by atoms with van der Waals surface area (Å²) >= 11 is 0. The number of hydrogen-bond donors (Lipinski definition) is 6. The first-order chi connectivity index (χ1) is 16.7. The fourth-order valence-electron chi connectivity index (χ4n) is 4.02. The Morgan fingerprint density at radius 3 is 1.46 bits per heavy atom. The van der Waals surface area contributed by atoms with Gasteiger partial charge in [0.2, 0.25) is 11.5 Å². The highest BCUT2D eigenvalue weighted by Crippen LogP contribution is 2.45. The molecule has 0 aliphatic carbocycles. The van der Waals surface area contributed by atoms with Crippen molar-refractivity contribution in [3.8, 4) is 34.5 Å². The van der Waals surface area contributed by atoms with E-state index in [1.807, 2.05) is 0 Å². The normalized spacial score (nSPS) is 11.5. The highest BCUT2D eigenvalue weighted by molar-refractivity contribution is 5.92. The van der Waals surface area contributed by atoms with E-state index >= 15 is 0 Å². The van der Waals surface area contributed by atoms with Crippen LogP contribution in [0.15, 0.2) is 67.2 Å². The van der Waals surface area contributed by atoms with Gasteiger partial charge in [-0.05, 0) is 42.0 Å². The predicted octanol–water partition coefficient (Wildman–Crippen LogP) is 2.71. The molecular formula is C24H15NO10. The number of phenols is 4. The summed E-state index contributed by atoms with van der Waals surface area (Å²) in [5.41, 5.74) is -4.04. The molecule has 35 heavy (non-hydrogen) atoms. The van der Waals surface area contributed by atoms with Crippen molar-refractivity contribution in [2.24, 2.45) is 0 Å². The first kappa shape index (κ1) is 21.6. The lowest BCUT2D eigenvalue weighted by atomic mass is 9.85. The van der Waals surface area contributed by atoms with Crippen molar-refractivity contribution in [1.82, 2.24) is 4.98 Å². The highest BCUT2D eigenvalue weighted by Gasteiger charge is 2.33. The Labute approximate surface area is 193 Å². The lowest BCUT2D eigenvalue weighted by molar-refractivity contribution is 0.392. The van der Waals surface area contributed by atoms with Gasteiger partial charge in [0.1, 0.15) is 11.5 Å². The molecule has 5 rings (SSSR count). The van der Waals surface area contributed by atoms with Crippen LogP contribution in [0.5, 0.6) is 34.5 Å². The third kappa shape index (κ3) is 3.17. The summed E-state index contributed by atoms with van der Waals surface area (Å²) in [7, 11) is 0. The van der Waals surface area contributed by atoms with E-state index < -0.39 is 74.0 Å². The van der Waals surface area contributed by atoms with E-state index in [0.717, 1.165) is 12.1 Å². The molecule has 3 heterocycles.